The molecule has 8 nitrogen and oxygen atoms in total. The summed E-state index contributed by atoms with van der Waals surface area (Å²) in [6.45, 7) is 5.59. The predicted molar refractivity (Wildman–Crippen MR) is 135 cm³/mol. The van der Waals surface area contributed by atoms with Crippen LogP contribution in [-0.2, 0) is 20.9 Å². The Morgan fingerprint density at radius 2 is 1.77 bits per heavy atom. The van der Waals surface area contributed by atoms with Crippen molar-refractivity contribution in [2.45, 2.75) is 38.8 Å². The fraction of sp³-hybridized carbons (Fsp3) is 0.444. The van der Waals surface area contributed by atoms with Gasteiger partial charge in [-0.15, -0.1) is 0 Å². The number of nitrogens with zero attached hydrogens (tertiary/aromatic N) is 3. The molecule has 1 atom stereocenters. The van der Waals surface area contributed by atoms with Gasteiger partial charge in [-0.1, -0.05) is 30.3 Å². The van der Waals surface area contributed by atoms with E-state index in [9.17, 15) is 9.59 Å². The van der Waals surface area contributed by atoms with E-state index in [2.05, 4.69) is 27.5 Å². The number of likely N-dealkylation sites (tertiary alicyclic amines) is 1. The summed E-state index contributed by atoms with van der Waals surface area (Å²) in [5.74, 6) is 0.727. The first-order chi connectivity index (χ1) is 17.1. The van der Waals surface area contributed by atoms with E-state index < -0.39 is 12.0 Å². The van der Waals surface area contributed by atoms with Crippen molar-refractivity contribution < 1.29 is 19.1 Å². The monoisotopic (exact) mass is 478 g/mol. The lowest BCUT2D eigenvalue weighted by atomic mass is 9.96. The van der Waals surface area contributed by atoms with Gasteiger partial charge in [0.1, 0.15) is 17.5 Å². The molecule has 8 heteroatoms. The number of anilines is 1. The number of amides is 1. The maximum atomic E-state index is 13.2. The molecule has 0 unspecified atom stereocenters. The maximum Gasteiger partial charge on any atom is 0.354 e. The quantitative estimate of drug-likeness (QED) is 0.557. The molecule has 1 saturated heterocycles. The topological polar surface area (TPSA) is 83.5 Å². The van der Waals surface area contributed by atoms with Gasteiger partial charge >= 0.3 is 5.97 Å². The van der Waals surface area contributed by atoms with Crippen LogP contribution in [0, 0.1) is 5.92 Å². The zero-order chi connectivity index (χ0) is 24.6. The van der Waals surface area contributed by atoms with Gasteiger partial charge in [0.25, 0.3) is 0 Å². The van der Waals surface area contributed by atoms with Crippen LogP contribution in [0.25, 0.3) is 0 Å². The summed E-state index contributed by atoms with van der Waals surface area (Å²) in [6.07, 6.45) is 2.31. The number of esters is 1. The Kier molecular flexibility index (Phi) is 8.36. The van der Waals surface area contributed by atoms with E-state index in [4.69, 9.17) is 9.47 Å². The van der Waals surface area contributed by atoms with E-state index in [1.54, 1.807) is 19.0 Å². The minimum Gasteiger partial charge on any atom is -0.497 e. The molecule has 4 rings (SSSR count). The van der Waals surface area contributed by atoms with Crippen molar-refractivity contribution in [2.24, 2.45) is 11.0 Å². The van der Waals surface area contributed by atoms with Crippen LogP contribution in [0.1, 0.15) is 31.7 Å². The van der Waals surface area contributed by atoms with E-state index in [0.717, 1.165) is 43.9 Å². The standard InChI is InChI=1S/C27H34N4O4/c1-3-35-27(33)24-17-25(31(29-24)22-7-5-4-6-8-22)26(32)28-18-20-13-15-30(16-14-20)19-21-9-11-23(34-2)12-10-21/h4-12,20,25H,3,13-19H2,1-2H3,(H,28,32)/t25-/m1/s1. The summed E-state index contributed by atoms with van der Waals surface area (Å²) in [5.41, 5.74) is 2.33. The summed E-state index contributed by atoms with van der Waals surface area (Å²) in [6, 6.07) is 17.1. The zero-order valence-electron chi connectivity index (χ0n) is 20.5. The smallest absolute Gasteiger partial charge is 0.354 e. The normalized spacial score (nSPS) is 18.7. The molecule has 2 aromatic carbocycles. The highest BCUT2D eigenvalue weighted by Crippen LogP contribution is 2.25. The summed E-state index contributed by atoms with van der Waals surface area (Å²) in [4.78, 5) is 27.9. The number of hydrazone groups is 1. The zero-order valence-corrected chi connectivity index (χ0v) is 20.5. The van der Waals surface area contributed by atoms with E-state index in [0.29, 0.717) is 12.5 Å². The second kappa shape index (κ2) is 11.8. The average molecular weight is 479 g/mol. The molecule has 2 heterocycles. The number of para-hydroxylation sites is 1. The van der Waals surface area contributed by atoms with Gasteiger partial charge in [0, 0.05) is 19.5 Å². The first kappa shape index (κ1) is 24.7. The van der Waals surface area contributed by atoms with Gasteiger partial charge in [-0.3, -0.25) is 14.7 Å². The molecular formula is C27H34N4O4. The third kappa shape index (κ3) is 6.39. The Bertz CT molecular complexity index is 1020. The number of nitrogens with one attached hydrogen (secondary N) is 1. The highest BCUT2D eigenvalue weighted by atomic mass is 16.5. The van der Waals surface area contributed by atoms with Crippen LogP contribution in [-0.4, -0.2) is 61.9 Å². The van der Waals surface area contributed by atoms with Crippen molar-refractivity contribution in [3.8, 4) is 5.75 Å². The minimum atomic E-state index is -0.563. The predicted octanol–water partition coefficient (Wildman–Crippen LogP) is 3.22. The minimum absolute atomic E-state index is 0.113. The molecule has 2 aliphatic heterocycles. The number of carbonyl (C=O) groups is 2. The molecule has 186 valence electrons. The van der Waals surface area contributed by atoms with E-state index in [-0.39, 0.29) is 24.6 Å². The van der Waals surface area contributed by atoms with Crippen LogP contribution in [0.2, 0.25) is 0 Å². The van der Waals surface area contributed by atoms with E-state index >= 15 is 0 Å². The molecule has 2 aromatic rings. The number of piperidine rings is 1. The van der Waals surface area contributed by atoms with E-state index in [1.165, 1.54) is 5.56 Å². The van der Waals surface area contributed by atoms with Crippen molar-refractivity contribution in [1.29, 1.82) is 0 Å². The first-order valence-electron chi connectivity index (χ1n) is 12.3. The second-order valence-electron chi connectivity index (χ2n) is 8.98. The lowest BCUT2D eigenvalue weighted by molar-refractivity contribution is -0.135. The summed E-state index contributed by atoms with van der Waals surface area (Å²) in [7, 11) is 1.68. The van der Waals surface area contributed by atoms with Gasteiger partial charge < -0.3 is 14.8 Å². The number of methoxy groups -OCH3 is 1. The molecule has 0 spiro atoms. The van der Waals surface area contributed by atoms with Crippen molar-refractivity contribution in [3.05, 3.63) is 60.2 Å². The van der Waals surface area contributed by atoms with Crippen molar-refractivity contribution in [2.75, 3.05) is 38.4 Å². The highest BCUT2D eigenvalue weighted by molar-refractivity contribution is 6.38. The van der Waals surface area contributed by atoms with Crippen LogP contribution >= 0.6 is 0 Å². The van der Waals surface area contributed by atoms with Gasteiger partial charge in [0.15, 0.2) is 0 Å². The van der Waals surface area contributed by atoms with Gasteiger partial charge in [0.2, 0.25) is 5.91 Å². The Balaban J connectivity index is 1.28. The third-order valence-electron chi connectivity index (χ3n) is 6.58. The summed E-state index contributed by atoms with van der Waals surface area (Å²) in [5, 5.41) is 9.20. The first-order valence-corrected chi connectivity index (χ1v) is 12.3. The number of rotatable bonds is 9. The van der Waals surface area contributed by atoms with Crippen molar-refractivity contribution in [3.63, 3.8) is 0 Å². The Morgan fingerprint density at radius 1 is 1.06 bits per heavy atom. The molecule has 35 heavy (non-hydrogen) atoms. The molecule has 1 fully saturated rings. The molecule has 0 aliphatic carbocycles. The average Bonchev–Trinajstić information content (AvgIpc) is 3.35. The van der Waals surface area contributed by atoms with Gasteiger partial charge in [-0.2, -0.15) is 5.10 Å². The largest absolute Gasteiger partial charge is 0.497 e. The van der Waals surface area contributed by atoms with Crippen LogP contribution in [0.3, 0.4) is 0 Å². The van der Waals surface area contributed by atoms with Crippen LogP contribution < -0.4 is 15.1 Å². The summed E-state index contributed by atoms with van der Waals surface area (Å²) >= 11 is 0. The summed E-state index contributed by atoms with van der Waals surface area (Å²) < 4.78 is 10.4. The van der Waals surface area contributed by atoms with Crippen LogP contribution in [0.5, 0.6) is 5.75 Å². The van der Waals surface area contributed by atoms with Crippen LogP contribution in [0.4, 0.5) is 5.69 Å². The molecular weight excluding hydrogens is 444 g/mol. The molecule has 0 bridgehead atoms. The van der Waals surface area contributed by atoms with E-state index in [1.807, 2.05) is 42.5 Å². The fourth-order valence-corrected chi connectivity index (χ4v) is 4.57. The number of hydrogen-bond donors (Lipinski definition) is 1. The molecule has 1 N–H and O–H groups in total. The number of hydrogen-bond acceptors (Lipinski definition) is 7. The van der Waals surface area contributed by atoms with Crippen molar-refractivity contribution in [1.82, 2.24) is 10.2 Å². The Labute approximate surface area is 206 Å². The SMILES string of the molecule is CCOC(=O)C1=NN(c2ccccc2)[C@@H](C(=O)NCC2CCN(Cc3ccc(OC)cc3)CC2)C1. The lowest BCUT2D eigenvalue weighted by Gasteiger charge is -2.32. The molecule has 0 aromatic heterocycles. The number of ether oxygens (including phenoxy) is 2. The van der Waals surface area contributed by atoms with Gasteiger partial charge in [0.05, 0.1) is 19.4 Å². The number of benzene rings is 2. The van der Waals surface area contributed by atoms with Crippen molar-refractivity contribution >= 4 is 23.3 Å². The second-order valence-corrected chi connectivity index (χ2v) is 8.98. The van der Waals surface area contributed by atoms with Crippen LogP contribution in [0.15, 0.2) is 59.7 Å². The maximum absolute atomic E-state index is 13.2. The molecule has 0 saturated carbocycles. The third-order valence-corrected chi connectivity index (χ3v) is 6.58. The highest BCUT2D eigenvalue weighted by Gasteiger charge is 2.37. The van der Waals surface area contributed by atoms with Gasteiger partial charge in [-0.05, 0) is 68.6 Å². The Hall–Kier alpha value is -3.39. The lowest BCUT2D eigenvalue weighted by Crippen LogP contribution is -2.45. The molecule has 2 aliphatic rings. The molecule has 1 amide bonds. The molecule has 0 radical (unpaired) electrons. The number of carbonyl (C=O) groups excluding carboxylic acids is 2. The Morgan fingerprint density at radius 3 is 2.43 bits per heavy atom. The van der Waals surface area contributed by atoms with Gasteiger partial charge in [-0.25, -0.2) is 4.79 Å². The fourth-order valence-electron chi connectivity index (χ4n) is 4.57.